The van der Waals surface area contributed by atoms with Gasteiger partial charge in [0.15, 0.2) is 0 Å². The van der Waals surface area contributed by atoms with Crippen molar-refractivity contribution in [3.63, 3.8) is 0 Å². The lowest BCUT2D eigenvalue weighted by Gasteiger charge is -2.26. The highest BCUT2D eigenvalue weighted by atomic mass is 32.1. The highest BCUT2D eigenvalue weighted by Gasteiger charge is 2.17. The molecule has 1 aliphatic rings. The van der Waals surface area contributed by atoms with E-state index < -0.39 is 0 Å². The summed E-state index contributed by atoms with van der Waals surface area (Å²) in [5, 5.41) is 11.8. The van der Waals surface area contributed by atoms with E-state index >= 15 is 0 Å². The predicted octanol–water partition coefficient (Wildman–Crippen LogP) is 1.38. The van der Waals surface area contributed by atoms with Crippen LogP contribution < -0.4 is 5.32 Å². The fourth-order valence-corrected chi connectivity index (χ4v) is 2.24. The van der Waals surface area contributed by atoms with Crippen molar-refractivity contribution < 1.29 is 0 Å². The summed E-state index contributed by atoms with van der Waals surface area (Å²) in [4.78, 5) is 2.18. The number of nitriles is 1. The van der Waals surface area contributed by atoms with Gasteiger partial charge in [0.05, 0.1) is 0 Å². The maximum atomic E-state index is 8.60. The summed E-state index contributed by atoms with van der Waals surface area (Å²) in [5.74, 6) is 0.801. The number of nitrogens with one attached hydrogen (secondary N) is 1. The van der Waals surface area contributed by atoms with E-state index in [-0.39, 0.29) is 0 Å². The second-order valence-corrected chi connectivity index (χ2v) is 4.27. The van der Waals surface area contributed by atoms with Crippen molar-refractivity contribution in [2.24, 2.45) is 5.92 Å². The third-order valence-electron chi connectivity index (χ3n) is 2.13. The highest BCUT2D eigenvalue weighted by Crippen LogP contribution is 2.20. The first kappa shape index (κ1) is 7.78. The molecule has 12 heavy (non-hydrogen) atoms. The SMILES string of the molecule is N#Cc1ccc(CC2CNC2)s1. The highest BCUT2D eigenvalue weighted by molar-refractivity contribution is 7.12. The summed E-state index contributed by atoms with van der Waals surface area (Å²) < 4.78 is 0. The largest absolute Gasteiger partial charge is 0.316 e. The normalized spacial score (nSPS) is 16.9. The molecule has 2 rings (SSSR count). The van der Waals surface area contributed by atoms with Gasteiger partial charge in [0, 0.05) is 4.88 Å². The summed E-state index contributed by atoms with van der Waals surface area (Å²) in [5.41, 5.74) is 0. The summed E-state index contributed by atoms with van der Waals surface area (Å²) in [6.07, 6.45) is 1.14. The lowest BCUT2D eigenvalue weighted by molar-refractivity contribution is 0.348. The molecule has 1 N–H and O–H groups in total. The monoisotopic (exact) mass is 178 g/mol. The zero-order chi connectivity index (χ0) is 8.39. The average Bonchev–Trinajstić information content (AvgIpc) is 2.44. The number of rotatable bonds is 2. The van der Waals surface area contributed by atoms with Crippen LogP contribution in [0, 0.1) is 17.2 Å². The Kier molecular flexibility index (Phi) is 2.11. The Morgan fingerprint density at radius 2 is 2.42 bits per heavy atom. The topological polar surface area (TPSA) is 35.8 Å². The van der Waals surface area contributed by atoms with Crippen LogP contribution in [0.4, 0.5) is 0 Å². The molecular weight excluding hydrogens is 168 g/mol. The zero-order valence-corrected chi connectivity index (χ0v) is 7.53. The van der Waals surface area contributed by atoms with Gasteiger partial charge in [-0.15, -0.1) is 11.3 Å². The molecule has 0 spiro atoms. The van der Waals surface area contributed by atoms with Crippen LogP contribution in [0.3, 0.4) is 0 Å². The number of thiophene rings is 1. The molecule has 1 aliphatic heterocycles. The first-order valence-electron chi connectivity index (χ1n) is 4.08. The number of hydrogen-bond donors (Lipinski definition) is 1. The van der Waals surface area contributed by atoms with Crippen molar-refractivity contribution in [2.75, 3.05) is 13.1 Å². The molecule has 1 aromatic rings. The molecule has 2 nitrogen and oxygen atoms in total. The predicted molar refractivity (Wildman–Crippen MR) is 49.1 cm³/mol. The molecule has 1 saturated heterocycles. The fraction of sp³-hybridized carbons (Fsp3) is 0.444. The second kappa shape index (κ2) is 3.26. The third-order valence-corrected chi connectivity index (χ3v) is 3.14. The van der Waals surface area contributed by atoms with Crippen molar-refractivity contribution in [1.82, 2.24) is 5.32 Å². The quantitative estimate of drug-likeness (QED) is 0.742. The molecular formula is C9H10N2S. The summed E-state index contributed by atoms with van der Waals surface area (Å²) in [6.45, 7) is 2.28. The minimum atomic E-state index is 0.801. The summed E-state index contributed by atoms with van der Waals surface area (Å²) in [6, 6.07) is 6.14. The fourth-order valence-electron chi connectivity index (χ4n) is 1.33. The lowest BCUT2D eigenvalue weighted by atomic mass is 9.99. The van der Waals surface area contributed by atoms with Crippen molar-refractivity contribution >= 4 is 11.3 Å². The molecule has 0 unspecified atom stereocenters. The smallest absolute Gasteiger partial charge is 0.110 e. The molecule has 0 saturated carbocycles. The van der Waals surface area contributed by atoms with Gasteiger partial charge >= 0.3 is 0 Å². The van der Waals surface area contributed by atoms with Crippen LogP contribution >= 0.6 is 11.3 Å². The van der Waals surface area contributed by atoms with E-state index in [2.05, 4.69) is 17.5 Å². The molecule has 62 valence electrons. The van der Waals surface area contributed by atoms with Crippen molar-refractivity contribution in [2.45, 2.75) is 6.42 Å². The van der Waals surface area contributed by atoms with Gasteiger partial charge in [-0.25, -0.2) is 0 Å². The van der Waals surface area contributed by atoms with Crippen LogP contribution in [0.15, 0.2) is 12.1 Å². The van der Waals surface area contributed by atoms with E-state index in [1.807, 2.05) is 6.07 Å². The van der Waals surface area contributed by atoms with Crippen molar-refractivity contribution in [3.05, 3.63) is 21.9 Å². The minimum Gasteiger partial charge on any atom is -0.316 e. The van der Waals surface area contributed by atoms with Gasteiger partial charge in [-0.2, -0.15) is 5.26 Å². The summed E-state index contributed by atoms with van der Waals surface area (Å²) in [7, 11) is 0. The van der Waals surface area contributed by atoms with Gasteiger partial charge in [-0.3, -0.25) is 0 Å². The Morgan fingerprint density at radius 3 is 2.92 bits per heavy atom. The molecule has 0 amide bonds. The van der Waals surface area contributed by atoms with Gasteiger partial charge in [0.25, 0.3) is 0 Å². The molecule has 0 bridgehead atoms. The van der Waals surface area contributed by atoms with E-state index in [1.54, 1.807) is 11.3 Å². The van der Waals surface area contributed by atoms with E-state index in [9.17, 15) is 0 Å². The van der Waals surface area contributed by atoms with Crippen LogP contribution in [0.2, 0.25) is 0 Å². The van der Waals surface area contributed by atoms with E-state index in [0.29, 0.717) is 0 Å². The maximum Gasteiger partial charge on any atom is 0.110 e. The van der Waals surface area contributed by atoms with Crippen LogP contribution in [-0.4, -0.2) is 13.1 Å². The second-order valence-electron chi connectivity index (χ2n) is 3.11. The molecule has 3 heteroatoms. The van der Waals surface area contributed by atoms with Gasteiger partial charge in [-0.1, -0.05) is 0 Å². The Bertz CT molecular complexity index is 307. The zero-order valence-electron chi connectivity index (χ0n) is 6.71. The first-order valence-corrected chi connectivity index (χ1v) is 4.89. The molecule has 2 heterocycles. The van der Waals surface area contributed by atoms with Gasteiger partial charge < -0.3 is 5.32 Å². The van der Waals surface area contributed by atoms with Crippen LogP contribution in [0.1, 0.15) is 9.75 Å². The third kappa shape index (κ3) is 1.50. The van der Waals surface area contributed by atoms with Gasteiger partial charge in [-0.05, 0) is 37.6 Å². The molecule has 1 fully saturated rings. The number of nitrogens with zero attached hydrogens (tertiary/aromatic N) is 1. The Labute approximate surface area is 75.8 Å². The minimum absolute atomic E-state index is 0.801. The Morgan fingerprint density at radius 1 is 1.58 bits per heavy atom. The van der Waals surface area contributed by atoms with Crippen molar-refractivity contribution in [3.8, 4) is 6.07 Å². The van der Waals surface area contributed by atoms with Gasteiger partial charge in [0.1, 0.15) is 10.9 Å². The van der Waals surface area contributed by atoms with Crippen LogP contribution in [-0.2, 0) is 6.42 Å². The molecule has 0 aromatic carbocycles. The van der Waals surface area contributed by atoms with Crippen LogP contribution in [0.5, 0.6) is 0 Å². The van der Waals surface area contributed by atoms with Gasteiger partial charge in [0.2, 0.25) is 0 Å². The lowest BCUT2D eigenvalue weighted by Crippen LogP contribution is -2.42. The molecule has 1 aromatic heterocycles. The first-order chi connectivity index (χ1) is 5.88. The Hall–Kier alpha value is -0.850. The maximum absolute atomic E-state index is 8.60. The number of hydrogen-bond acceptors (Lipinski definition) is 3. The summed E-state index contributed by atoms with van der Waals surface area (Å²) >= 11 is 1.62. The van der Waals surface area contributed by atoms with E-state index in [4.69, 9.17) is 5.26 Å². The Balaban J connectivity index is 1.99. The molecule has 0 radical (unpaired) electrons. The molecule has 0 aliphatic carbocycles. The molecule has 0 atom stereocenters. The standard InChI is InChI=1S/C9H10N2S/c10-4-9-2-1-8(12-9)3-7-5-11-6-7/h1-2,7,11H,3,5-6H2. The average molecular weight is 178 g/mol. The van der Waals surface area contributed by atoms with E-state index in [1.165, 1.54) is 4.88 Å². The van der Waals surface area contributed by atoms with Crippen LogP contribution in [0.25, 0.3) is 0 Å². The van der Waals surface area contributed by atoms with E-state index in [0.717, 1.165) is 30.3 Å². The van der Waals surface area contributed by atoms with Crippen molar-refractivity contribution in [1.29, 1.82) is 5.26 Å².